The minimum Gasteiger partial charge on any atom is -0.457 e. The summed E-state index contributed by atoms with van der Waals surface area (Å²) < 4.78 is 15.4. The van der Waals surface area contributed by atoms with E-state index in [4.69, 9.17) is 19.4 Å². The maximum Gasteiger partial charge on any atom is 0.151 e. The first-order chi connectivity index (χ1) is 26.3. The van der Waals surface area contributed by atoms with Gasteiger partial charge >= 0.3 is 0 Å². The third kappa shape index (κ3) is 3.71. The fraction of sp³-hybridized carbons (Fsp3) is 0.0213. The van der Waals surface area contributed by atoms with Gasteiger partial charge in [0.05, 0.1) is 39.2 Å². The van der Waals surface area contributed by atoms with Crippen LogP contribution in [-0.2, 0) is 5.41 Å². The summed E-state index contributed by atoms with van der Waals surface area (Å²) in [5.41, 5.74) is 11.9. The number of aromatic nitrogens is 3. The molecule has 9 aromatic rings. The zero-order chi connectivity index (χ0) is 34.7. The lowest BCUT2D eigenvalue weighted by Crippen LogP contribution is -2.32. The second kappa shape index (κ2) is 10.4. The Hall–Kier alpha value is -7.18. The highest BCUT2D eigenvalue weighted by atomic mass is 16.5. The van der Waals surface area contributed by atoms with Gasteiger partial charge in [-0.05, 0) is 96.1 Å². The molecule has 53 heavy (non-hydrogen) atoms. The van der Waals surface area contributed by atoms with Crippen LogP contribution in [0.1, 0.15) is 22.3 Å². The van der Waals surface area contributed by atoms with Crippen molar-refractivity contribution in [2.75, 3.05) is 4.90 Å². The van der Waals surface area contributed by atoms with Crippen LogP contribution in [0.2, 0.25) is 0 Å². The molecule has 0 saturated carbocycles. The molecule has 0 radical (unpaired) electrons. The van der Waals surface area contributed by atoms with E-state index in [1.807, 2.05) is 54.9 Å². The fourth-order valence-electron chi connectivity index (χ4n) is 9.05. The maximum atomic E-state index is 6.72. The third-order valence-corrected chi connectivity index (χ3v) is 11.1. The Bertz CT molecular complexity index is 2910. The van der Waals surface area contributed by atoms with Crippen LogP contribution in [0.4, 0.5) is 17.1 Å². The lowest BCUT2D eigenvalue weighted by molar-refractivity contribution is 0.436. The number of fused-ring (bicyclic) bond motifs is 14. The van der Waals surface area contributed by atoms with Crippen LogP contribution in [-0.4, -0.2) is 14.5 Å². The van der Waals surface area contributed by atoms with Crippen molar-refractivity contribution in [1.82, 2.24) is 14.5 Å². The van der Waals surface area contributed by atoms with Crippen molar-refractivity contribution < 1.29 is 9.47 Å². The predicted molar refractivity (Wildman–Crippen MR) is 209 cm³/mol. The van der Waals surface area contributed by atoms with Gasteiger partial charge in [-0.2, -0.15) is 0 Å². The van der Waals surface area contributed by atoms with Crippen molar-refractivity contribution in [2.24, 2.45) is 0 Å². The number of hydrogen-bond donors (Lipinski definition) is 0. The van der Waals surface area contributed by atoms with Gasteiger partial charge in [-0.25, -0.2) is 0 Å². The van der Waals surface area contributed by atoms with Crippen LogP contribution in [0, 0.1) is 0 Å². The first-order valence-corrected chi connectivity index (χ1v) is 17.8. The molecule has 0 amide bonds. The molecule has 2 aliphatic heterocycles. The van der Waals surface area contributed by atoms with E-state index in [2.05, 4.69) is 125 Å². The Morgan fingerprint density at radius 1 is 0.415 bits per heavy atom. The lowest BCUT2D eigenvalue weighted by atomic mass is 9.66. The molecule has 248 valence electrons. The van der Waals surface area contributed by atoms with Crippen molar-refractivity contribution >= 4 is 38.9 Å². The van der Waals surface area contributed by atoms with E-state index in [9.17, 15) is 0 Å². The third-order valence-electron chi connectivity index (χ3n) is 11.1. The van der Waals surface area contributed by atoms with Gasteiger partial charge in [0.2, 0.25) is 0 Å². The van der Waals surface area contributed by atoms with Crippen LogP contribution in [0.5, 0.6) is 23.0 Å². The summed E-state index contributed by atoms with van der Waals surface area (Å²) in [5, 5.41) is 2.34. The van der Waals surface area contributed by atoms with E-state index in [-0.39, 0.29) is 0 Å². The number of ether oxygens (including phenoxy) is 2. The number of anilines is 3. The second-order valence-corrected chi connectivity index (χ2v) is 13.8. The monoisotopic (exact) mass is 680 g/mol. The normalized spacial score (nSPS) is 14.1. The van der Waals surface area contributed by atoms with Gasteiger partial charge in [-0.1, -0.05) is 72.8 Å². The number of nitrogens with zero attached hydrogens (tertiary/aromatic N) is 4. The Balaban J connectivity index is 1.11. The number of pyridine rings is 2. The molecule has 1 spiro atoms. The highest BCUT2D eigenvalue weighted by Crippen LogP contribution is 2.61. The zero-order valence-electron chi connectivity index (χ0n) is 28.3. The van der Waals surface area contributed by atoms with Crippen LogP contribution in [0.25, 0.3) is 38.9 Å². The molecule has 0 bridgehead atoms. The van der Waals surface area contributed by atoms with Crippen LogP contribution in [0.3, 0.4) is 0 Å². The smallest absolute Gasteiger partial charge is 0.151 e. The molecule has 3 aliphatic rings. The quantitative estimate of drug-likeness (QED) is 0.182. The zero-order valence-corrected chi connectivity index (χ0v) is 28.3. The number of rotatable bonds is 2. The van der Waals surface area contributed by atoms with Crippen molar-refractivity contribution in [3.8, 4) is 40.1 Å². The van der Waals surface area contributed by atoms with Crippen molar-refractivity contribution in [3.63, 3.8) is 0 Å². The van der Waals surface area contributed by atoms with Crippen molar-refractivity contribution in [2.45, 2.75) is 5.41 Å². The Labute approximate surface area is 304 Å². The molecule has 0 N–H and O–H groups in total. The molecule has 0 fully saturated rings. The van der Waals surface area contributed by atoms with Gasteiger partial charge in [-0.3, -0.25) is 9.97 Å². The maximum absolute atomic E-state index is 6.72. The molecule has 6 heteroatoms. The molecule has 0 unspecified atom stereocenters. The highest BCUT2D eigenvalue weighted by Gasteiger charge is 2.52. The molecule has 6 aromatic carbocycles. The fourth-order valence-corrected chi connectivity index (χ4v) is 9.05. The average Bonchev–Trinajstić information content (AvgIpc) is 3.70. The molecular weight excluding hydrogens is 653 g/mol. The number of benzene rings is 6. The SMILES string of the molecule is c1ccc2c(c1)Oc1ccccc1N2c1ccc2c(c1)c1ccccc1n2-c1ccc2c(c1)C1(c3ccccc3O2)c2cccnc2-c2ncccc21. The summed E-state index contributed by atoms with van der Waals surface area (Å²) in [5.74, 6) is 3.34. The van der Waals surface area contributed by atoms with E-state index < -0.39 is 5.41 Å². The van der Waals surface area contributed by atoms with E-state index in [0.29, 0.717) is 0 Å². The average molecular weight is 681 g/mol. The van der Waals surface area contributed by atoms with Gasteiger partial charge in [0, 0.05) is 45.7 Å². The van der Waals surface area contributed by atoms with Crippen molar-refractivity contribution in [1.29, 1.82) is 0 Å². The second-order valence-electron chi connectivity index (χ2n) is 13.8. The van der Waals surface area contributed by atoms with Gasteiger partial charge in [0.1, 0.15) is 11.5 Å². The molecule has 0 atom stereocenters. The van der Waals surface area contributed by atoms with Crippen molar-refractivity contribution in [3.05, 3.63) is 192 Å². The Kier molecular flexibility index (Phi) is 5.61. The summed E-state index contributed by atoms with van der Waals surface area (Å²) >= 11 is 0. The molecule has 5 heterocycles. The largest absolute Gasteiger partial charge is 0.457 e. The van der Waals surface area contributed by atoms with Gasteiger partial charge < -0.3 is 18.9 Å². The first kappa shape index (κ1) is 28.5. The minimum atomic E-state index is -0.656. The molecular formula is C47H28N4O2. The molecule has 12 rings (SSSR count). The number of para-hydroxylation sites is 6. The summed E-state index contributed by atoms with van der Waals surface area (Å²) in [6, 6.07) is 55.4. The molecule has 6 nitrogen and oxygen atoms in total. The number of hydrogen-bond acceptors (Lipinski definition) is 5. The van der Waals surface area contributed by atoms with Gasteiger partial charge in [0.15, 0.2) is 11.5 Å². The van der Waals surface area contributed by atoms with Gasteiger partial charge in [0.25, 0.3) is 0 Å². The molecule has 1 aliphatic carbocycles. The molecule has 0 saturated heterocycles. The first-order valence-electron chi connectivity index (χ1n) is 17.8. The minimum absolute atomic E-state index is 0.656. The van der Waals surface area contributed by atoms with Crippen LogP contribution in [0.15, 0.2) is 170 Å². The van der Waals surface area contributed by atoms with Gasteiger partial charge in [-0.15, -0.1) is 0 Å². The highest BCUT2D eigenvalue weighted by molar-refractivity contribution is 6.11. The Morgan fingerprint density at radius 3 is 1.74 bits per heavy atom. The van der Waals surface area contributed by atoms with Crippen LogP contribution >= 0.6 is 0 Å². The summed E-state index contributed by atoms with van der Waals surface area (Å²) in [6.07, 6.45) is 3.72. The van der Waals surface area contributed by atoms with E-state index in [0.717, 1.165) is 90.4 Å². The summed E-state index contributed by atoms with van der Waals surface area (Å²) in [7, 11) is 0. The standard InChI is InChI=1S/C47H28N4O2/c1-3-15-37-31(11-1)32-27-29(51-39-16-4-7-19-43(39)53-44-20-8-5-17-40(44)51)21-23-38(32)50(37)30-22-24-42-36(28-30)47(33-12-2-6-18-41(33)52-42)34-13-9-25-48-45(34)46-35(47)14-10-26-49-46/h1-28H. The lowest BCUT2D eigenvalue weighted by Gasteiger charge is -2.39. The van der Waals surface area contributed by atoms with E-state index in [1.54, 1.807) is 0 Å². The summed E-state index contributed by atoms with van der Waals surface area (Å²) in [4.78, 5) is 12.1. The van der Waals surface area contributed by atoms with E-state index in [1.165, 1.54) is 10.8 Å². The molecule has 3 aromatic heterocycles. The summed E-state index contributed by atoms with van der Waals surface area (Å²) in [6.45, 7) is 0. The van der Waals surface area contributed by atoms with Crippen LogP contribution < -0.4 is 14.4 Å². The Morgan fingerprint density at radius 2 is 0.981 bits per heavy atom. The van der Waals surface area contributed by atoms with E-state index >= 15 is 0 Å². The topological polar surface area (TPSA) is 52.4 Å². The predicted octanol–water partition coefficient (Wildman–Crippen LogP) is 11.6.